The average molecular weight is 270 g/mol. The van der Waals surface area contributed by atoms with E-state index in [1.807, 2.05) is 13.0 Å². The fourth-order valence-corrected chi connectivity index (χ4v) is 1.55. The monoisotopic (exact) mass is 270 g/mol. The van der Waals surface area contributed by atoms with Crippen LogP contribution in [0.3, 0.4) is 0 Å². The topological polar surface area (TPSA) is 47.9 Å². The lowest BCUT2D eigenvalue weighted by molar-refractivity contribution is 0.262. The molecule has 19 heavy (non-hydrogen) atoms. The Morgan fingerprint density at radius 2 is 1.37 bits per heavy atom. The highest BCUT2D eigenvalue weighted by Gasteiger charge is 1.98. The van der Waals surface area contributed by atoms with Crippen molar-refractivity contribution in [2.75, 3.05) is 27.9 Å². The van der Waals surface area contributed by atoms with Crippen LogP contribution in [0, 0.1) is 0 Å². The van der Waals surface area contributed by atoms with Crippen molar-refractivity contribution in [2.24, 2.45) is 0 Å². The molecule has 0 saturated carbocycles. The Labute approximate surface area is 116 Å². The molecule has 4 nitrogen and oxygen atoms in total. The molecule has 0 aromatic carbocycles. The fraction of sp³-hybridized carbons (Fsp3) is 0.600. The largest absolute Gasteiger partial charge is 0.502 e. The molecular weight excluding hydrogens is 244 g/mol. The number of aliphatic hydroxyl groups excluding tert-OH is 1. The third-order valence-electron chi connectivity index (χ3n) is 2.75. The highest BCUT2D eigenvalue weighted by atomic mass is 16.5. The summed E-state index contributed by atoms with van der Waals surface area (Å²) < 4.78 is 15.5. The van der Waals surface area contributed by atoms with Crippen LogP contribution < -0.4 is 0 Å². The molecular formula is C15H26O4. The highest BCUT2D eigenvalue weighted by Crippen LogP contribution is 2.13. The van der Waals surface area contributed by atoms with Gasteiger partial charge in [-0.3, -0.25) is 0 Å². The van der Waals surface area contributed by atoms with Gasteiger partial charge in [-0.15, -0.1) is 0 Å². The van der Waals surface area contributed by atoms with E-state index in [4.69, 9.17) is 19.3 Å². The molecule has 0 bridgehead atoms. The molecule has 0 aliphatic carbocycles. The minimum Gasteiger partial charge on any atom is -0.502 e. The van der Waals surface area contributed by atoms with Gasteiger partial charge in [-0.05, 0) is 38.0 Å². The van der Waals surface area contributed by atoms with Gasteiger partial charge in [0.25, 0.3) is 0 Å². The minimum atomic E-state index is 0.00507. The highest BCUT2D eigenvalue weighted by molar-refractivity contribution is 5.00. The average Bonchev–Trinajstić information content (AvgIpc) is 2.44. The van der Waals surface area contributed by atoms with Crippen LogP contribution >= 0.6 is 0 Å². The first-order valence-corrected chi connectivity index (χ1v) is 6.45. The number of hydrogen-bond donors (Lipinski definition) is 1. The third-order valence-corrected chi connectivity index (χ3v) is 2.75. The molecule has 0 unspecified atom stereocenters. The van der Waals surface area contributed by atoms with Crippen molar-refractivity contribution in [2.45, 2.75) is 32.6 Å². The smallest absolute Gasteiger partial charge is 0.0941 e. The second kappa shape index (κ2) is 11.7. The number of ether oxygens (including phenoxy) is 3. The zero-order valence-corrected chi connectivity index (χ0v) is 12.4. The second-order valence-electron chi connectivity index (χ2n) is 4.03. The lowest BCUT2D eigenvalue weighted by atomic mass is 10.2. The molecule has 1 N–H and O–H groups in total. The van der Waals surface area contributed by atoms with Crippen molar-refractivity contribution in [3.8, 4) is 0 Å². The quantitative estimate of drug-likeness (QED) is 0.619. The van der Waals surface area contributed by atoms with Gasteiger partial charge in [-0.2, -0.15) is 0 Å². The van der Waals surface area contributed by atoms with Crippen molar-refractivity contribution in [1.82, 2.24) is 0 Å². The third kappa shape index (κ3) is 9.19. The van der Waals surface area contributed by atoms with Gasteiger partial charge >= 0.3 is 0 Å². The number of methoxy groups -OCH3 is 3. The summed E-state index contributed by atoms with van der Waals surface area (Å²) in [6.45, 7) is 1.94. The Morgan fingerprint density at radius 1 is 0.842 bits per heavy atom. The Morgan fingerprint density at radius 3 is 1.84 bits per heavy atom. The Balaban J connectivity index is 4.15. The number of hydrogen-bond acceptors (Lipinski definition) is 4. The predicted octanol–water partition coefficient (Wildman–Crippen LogP) is 3.15. The molecule has 0 aliphatic heterocycles. The van der Waals surface area contributed by atoms with Crippen molar-refractivity contribution in [3.05, 3.63) is 35.5 Å². The maximum Gasteiger partial charge on any atom is 0.0941 e. The van der Waals surface area contributed by atoms with Crippen LogP contribution in [0.25, 0.3) is 0 Å². The molecule has 0 spiro atoms. The Kier molecular flexibility index (Phi) is 10.8. The van der Waals surface area contributed by atoms with Crippen LogP contribution in [0.5, 0.6) is 0 Å². The molecule has 0 amide bonds. The van der Waals surface area contributed by atoms with Gasteiger partial charge in [0.05, 0.1) is 45.2 Å². The Hall–Kier alpha value is -1.42. The maximum atomic E-state index is 8.80. The van der Waals surface area contributed by atoms with Crippen LogP contribution in [-0.2, 0) is 14.2 Å². The molecule has 0 fully saturated rings. The van der Waals surface area contributed by atoms with Crippen LogP contribution in [0.2, 0.25) is 0 Å². The molecule has 0 radical (unpaired) electrons. The molecule has 0 heterocycles. The summed E-state index contributed by atoms with van der Waals surface area (Å²) in [7, 11) is 4.96. The lowest BCUT2D eigenvalue weighted by Gasteiger charge is -2.07. The molecule has 0 aromatic rings. The minimum absolute atomic E-state index is 0.00507. The zero-order valence-electron chi connectivity index (χ0n) is 12.4. The molecule has 0 atom stereocenters. The van der Waals surface area contributed by atoms with Gasteiger partial charge in [0.1, 0.15) is 0 Å². The van der Waals surface area contributed by atoms with Crippen molar-refractivity contribution in [1.29, 1.82) is 0 Å². The van der Waals surface area contributed by atoms with Gasteiger partial charge in [-0.25, -0.2) is 0 Å². The summed E-state index contributed by atoms with van der Waals surface area (Å²) in [5.41, 5.74) is 0. The second-order valence-corrected chi connectivity index (χ2v) is 4.03. The normalized spacial score (nSPS) is 13.4. The van der Waals surface area contributed by atoms with E-state index < -0.39 is 0 Å². The van der Waals surface area contributed by atoms with E-state index in [9.17, 15) is 0 Å². The SMILES string of the molecule is CO/C(C)=C\CC/C(=C/CC/C(=C/CO)OC)OC. The molecule has 0 aromatic heterocycles. The summed E-state index contributed by atoms with van der Waals surface area (Å²) in [5, 5.41) is 8.80. The first-order valence-electron chi connectivity index (χ1n) is 6.45. The summed E-state index contributed by atoms with van der Waals surface area (Å²) in [5.74, 6) is 2.67. The van der Waals surface area contributed by atoms with E-state index in [0.717, 1.165) is 43.0 Å². The first kappa shape index (κ1) is 17.6. The van der Waals surface area contributed by atoms with Gasteiger partial charge in [0.2, 0.25) is 0 Å². The molecule has 0 aliphatic rings. The number of rotatable bonds is 10. The summed E-state index contributed by atoms with van der Waals surface area (Å²) in [6.07, 6.45) is 9.10. The standard InChI is InChI=1S/C15H26O4/c1-13(17-2)7-5-8-14(18-3)9-6-10-15(19-4)11-12-16/h7,9,11,16H,5-6,8,10,12H2,1-4H3/b13-7-,14-9-,15-11-. The van der Waals surface area contributed by atoms with Gasteiger partial charge in [-0.1, -0.05) is 0 Å². The zero-order chi connectivity index (χ0) is 14.5. The Bertz CT molecular complexity index is 316. The molecule has 110 valence electrons. The molecule has 0 saturated heterocycles. The van der Waals surface area contributed by atoms with E-state index >= 15 is 0 Å². The van der Waals surface area contributed by atoms with E-state index in [0.29, 0.717) is 0 Å². The maximum absolute atomic E-state index is 8.80. The van der Waals surface area contributed by atoms with Crippen LogP contribution in [0.1, 0.15) is 32.6 Å². The lowest BCUT2D eigenvalue weighted by Crippen LogP contribution is -1.91. The van der Waals surface area contributed by atoms with E-state index in [1.54, 1.807) is 27.4 Å². The fourth-order valence-electron chi connectivity index (χ4n) is 1.55. The van der Waals surface area contributed by atoms with Crippen LogP contribution in [0.4, 0.5) is 0 Å². The van der Waals surface area contributed by atoms with Gasteiger partial charge in [0, 0.05) is 12.8 Å². The number of allylic oxidation sites excluding steroid dienone is 5. The molecule has 0 rings (SSSR count). The number of aliphatic hydroxyl groups is 1. The summed E-state index contributed by atoms with van der Waals surface area (Å²) in [4.78, 5) is 0. The van der Waals surface area contributed by atoms with Gasteiger partial charge < -0.3 is 19.3 Å². The van der Waals surface area contributed by atoms with Crippen molar-refractivity contribution in [3.63, 3.8) is 0 Å². The van der Waals surface area contributed by atoms with Crippen LogP contribution in [0.15, 0.2) is 35.5 Å². The summed E-state index contributed by atoms with van der Waals surface area (Å²) in [6, 6.07) is 0. The first-order chi connectivity index (χ1) is 9.17. The molecule has 4 heteroatoms. The predicted molar refractivity (Wildman–Crippen MR) is 76.5 cm³/mol. The van der Waals surface area contributed by atoms with Crippen molar-refractivity contribution >= 4 is 0 Å². The van der Waals surface area contributed by atoms with E-state index in [-0.39, 0.29) is 6.61 Å². The summed E-state index contributed by atoms with van der Waals surface area (Å²) >= 11 is 0. The van der Waals surface area contributed by atoms with Gasteiger partial charge in [0.15, 0.2) is 0 Å². The van der Waals surface area contributed by atoms with Crippen molar-refractivity contribution < 1.29 is 19.3 Å². The van der Waals surface area contributed by atoms with Crippen LogP contribution in [-0.4, -0.2) is 33.0 Å². The van der Waals surface area contributed by atoms with E-state index in [2.05, 4.69) is 6.08 Å². The van der Waals surface area contributed by atoms with E-state index in [1.165, 1.54) is 0 Å².